The molecule has 0 amide bonds. The van der Waals surface area contributed by atoms with E-state index in [-0.39, 0.29) is 5.78 Å². The highest BCUT2D eigenvalue weighted by Crippen LogP contribution is 2.15. The Morgan fingerprint density at radius 3 is 2.05 bits per heavy atom. The lowest BCUT2D eigenvalue weighted by Crippen LogP contribution is -2.30. The fourth-order valence-corrected chi connectivity index (χ4v) is 1.64. The van der Waals surface area contributed by atoms with Crippen LogP contribution in [0, 0.1) is 0 Å². The van der Waals surface area contributed by atoms with E-state index in [4.69, 9.17) is 10.5 Å². The van der Waals surface area contributed by atoms with Gasteiger partial charge in [-0.25, -0.2) is 4.79 Å². The van der Waals surface area contributed by atoms with Gasteiger partial charge in [0.05, 0.1) is 0 Å². The number of esters is 1. The summed E-state index contributed by atoms with van der Waals surface area (Å²) in [5.74, 6) is -0.209. The summed E-state index contributed by atoms with van der Waals surface area (Å²) in [6.45, 7) is 1.55. The molecule has 102 valence electrons. The Bertz CT molecular complexity index is 603. The third kappa shape index (κ3) is 3.30. The molecular formula is C16H15NO3. The molecule has 0 saturated carbocycles. The maximum absolute atomic E-state index is 12.2. The van der Waals surface area contributed by atoms with Crippen LogP contribution in [0.15, 0.2) is 54.6 Å². The Hall–Kier alpha value is -2.46. The van der Waals surface area contributed by atoms with E-state index >= 15 is 0 Å². The lowest BCUT2D eigenvalue weighted by atomic mass is 10.0. The van der Waals surface area contributed by atoms with Gasteiger partial charge in [-0.3, -0.25) is 4.79 Å². The fraction of sp³-hybridized carbons (Fsp3) is 0.125. The highest BCUT2D eigenvalue weighted by molar-refractivity contribution is 6.09. The van der Waals surface area contributed by atoms with Crippen molar-refractivity contribution in [2.24, 2.45) is 5.73 Å². The van der Waals surface area contributed by atoms with Gasteiger partial charge in [0.25, 0.3) is 0 Å². The number of nitrogens with two attached hydrogens (primary N) is 1. The quantitative estimate of drug-likeness (QED) is 0.524. The number of ether oxygens (including phenoxy) is 1. The first-order chi connectivity index (χ1) is 9.58. The van der Waals surface area contributed by atoms with Gasteiger partial charge in [-0.1, -0.05) is 30.3 Å². The molecule has 20 heavy (non-hydrogen) atoms. The molecule has 0 bridgehead atoms. The van der Waals surface area contributed by atoms with E-state index < -0.39 is 12.0 Å². The molecule has 1 atom stereocenters. The second-order valence-electron chi connectivity index (χ2n) is 4.43. The van der Waals surface area contributed by atoms with Crippen molar-refractivity contribution in [1.29, 1.82) is 0 Å². The fourth-order valence-electron chi connectivity index (χ4n) is 1.64. The first kappa shape index (κ1) is 14.0. The van der Waals surface area contributed by atoms with Gasteiger partial charge in [0.1, 0.15) is 11.8 Å². The number of hydrogen-bond acceptors (Lipinski definition) is 4. The molecule has 0 aromatic heterocycles. The van der Waals surface area contributed by atoms with Crippen LogP contribution >= 0.6 is 0 Å². The Morgan fingerprint density at radius 1 is 0.950 bits per heavy atom. The standard InChI is InChI=1S/C16H15NO3/c1-11(17)16(19)20-14-9-7-13(8-10-14)15(18)12-5-3-2-4-6-12/h2-11H,17H2,1H3/t11-/m0/s1. The molecule has 0 radical (unpaired) electrons. The predicted octanol–water partition coefficient (Wildman–Crippen LogP) is 2.17. The number of carbonyl (C=O) groups excluding carboxylic acids is 2. The van der Waals surface area contributed by atoms with E-state index in [1.807, 2.05) is 18.2 Å². The van der Waals surface area contributed by atoms with Crippen molar-refractivity contribution in [3.05, 3.63) is 65.7 Å². The molecule has 2 aromatic rings. The molecule has 2 aromatic carbocycles. The summed E-state index contributed by atoms with van der Waals surface area (Å²) < 4.78 is 5.04. The van der Waals surface area contributed by atoms with Crippen LogP contribution in [-0.2, 0) is 4.79 Å². The summed E-state index contributed by atoms with van der Waals surface area (Å²) in [6, 6.07) is 14.7. The molecule has 0 aliphatic heterocycles. The normalized spacial score (nSPS) is 11.7. The zero-order valence-corrected chi connectivity index (χ0v) is 11.1. The molecule has 2 N–H and O–H groups in total. The number of carbonyl (C=O) groups is 2. The summed E-state index contributed by atoms with van der Waals surface area (Å²) in [5, 5.41) is 0. The van der Waals surface area contributed by atoms with E-state index in [2.05, 4.69) is 0 Å². The van der Waals surface area contributed by atoms with Gasteiger partial charge in [0, 0.05) is 11.1 Å². The monoisotopic (exact) mass is 269 g/mol. The minimum absolute atomic E-state index is 0.0735. The lowest BCUT2D eigenvalue weighted by Gasteiger charge is -2.07. The topological polar surface area (TPSA) is 69.4 Å². The van der Waals surface area contributed by atoms with Crippen LogP contribution in [0.5, 0.6) is 5.75 Å². The van der Waals surface area contributed by atoms with Crippen LogP contribution in [0.4, 0.5) is 0 Å². The first-order valence-corrected chi connectivity index (χ1v) is 6.25. The molecule has 0 unspecified atom stereocenters. The van der Waals surface area contributed by atoms with Crippen molar-refractivity contribution < 1.29 is 14.3 Å². The van der Waals surface area contributed by atoms with Crippen LogP contribution in [0.3, 0.4) is 0 Å². The van der Waals surface area contributed by atoms with Crippen LogP contribution in [0.2, 0.25) is 0 Å². The van der Waals surface area contributed by atoms with E-state index in [1.54, 1.807) is 43.3 Å². The number of rotatable bonds is 4. The minimum atomic E-state index is -0.680. The van der Waals surface area contributed by atoms with Crippen LogP contribution in [0.1, 0.15) is 22.8 Å². The van der Waals surface area contributed by atoms with Gasteiger partial charge in [-0.2, -0.15) is 0 Å². The predicted molar refractivity (Wildman–Crippen MR) is 75.6 cm³/mol. The van der Waals surface area contributed by atoms with Crippen molar-refractivity contribution in [1.82, 2.24) is 0 Å². The number of benzene rings is 2. The lowest BCUT2D eigenvalue weighted by molar-refractivity contribution is -0.135. The van der Waals surface area contributed by atoms with Crippen molar-refractivity contribution in [2.75, 3.05) is 0 Å². The zero-order chi connectivity index (χ0) is 14.5. The van der Waals surface area contributed by atoms with Crippen LogP contribution in [-0.4, -0.2) is 17.8 Å². The Balaban J connectivity index is 2.12. The van der Waals surface area contributed by atoms with Gasteiger partial charge in [0.2, 0.25) is 0 Å². The highest BCUT2D eigenvalue weighted by atomic mass is 16.5. The second kappa shape index (κ2) is 6.12. The maximum atomic E-state index is 12.2. The van der Waals surface area contributed by atoms with E-state index in [1.165, 1.54) is 0 Å². The smallest absolute Gasteiger partial charge is 0.328 e. The minimum Gasteiger partial charge on any atom is -0.425 e. The SMILES string of the molecule is C[C@H](N)C(=O)Oc1ccc(C(=O)c2ccccc2)cc1. The van der Waals surface area contributed by atoms with Gasteiger partial charge >= 0.3 is 5.97 Å². The summed E-state index contributed by atoms with van der Waals surface area (Å²) in [7, 11) is 0. The summed E-state index contributed by atoms with van der Waals surface area (Å²) in [4.78, 5) is 23.5. The van der Waals surface area contributed by atoms with Gasteiger partial charge in [0.15, 0.2) is 5.78 Å². The third-order valence-corrected chi connectivity index (χ3v) is 2.74. The van der Waals surface area contributed by atoms with Crippen LogP contribution in [0.25, 0.3) is 0 Å². The summed E-state index contributed by atoms with van der Waals surface area (Å²) in [6.07, 6.45) is 0. The summed E-state index contributed by atoms with van der Waals surface area (Å²) in [5.41, 5.74) is 6.57. The highest BCUT2D eigenvalue weighted by Gasteiger charge is 2.12. The average Bonchev–Trinajstić information content (AvgIpc) is 2.48. The first-order valence-electron chi connectivity index (χ1n) is 6.25. The molecule has 4 nitrogen and oxygen atoms in total. The van der Waals surface area contributed by atoms with Crippen LogP contribution < -0.4 is 10.5 Å². The van der Waals surface area contributed by atoms with Gasteiger partial charge in [-0.05, 0) is 31.2 Å². The molecule has 0 spiro atoms. The maximum Gasteiger partial charge on any atom is 0.328 e. The average molecular weight is 269 g/mol. The number of ketones is 1. The molecule has 0 heterocycles. The number of hydrogen-bond donors (Lipinski definition) is 1. The second-order valence-corrected chi connectivity index (χ2v) is 4.43. The molecule has 2 rings (SSSR count). The van der Waals surface area contributed by atoms with Gasteiger partial charge in [-0.15, -0.1) is 0 Å². The van der Waals surface area contributed by atoms with Crippen molar-refractivity contribution in [3.8, 4) is 5.75 Å². The van der Waals surface area contributed by atoms with E-state index in [0.717, 1.165) is 0 Å². The summed E-state index contributed by atoms with van der Waals surface area (Å²) >= 11 is 0. The molecule has 4 heteroatoms. The Kier molecular flexibility index (Phi) is 4.27. The van der Waals surface area contributed by atoms with E-state index in [0.29, 0.717) is 16.9 Å². The van der Waals surface area contributed by atoms with Crippen molar-refractivity contribution >= 4 is 11.8 Å². The largest absolute Gasteiger partial charge is 0.425 e. The van der Waals surface area contributed by atoms with E-state index in [9.17, 15) is 9.59 Å². The Morgan fingerprint density at radius 2 is 1.50 bits per heavy atom. The van der Waals surface area contributed by atoms with Crippen molar-refractivity contribution in [2.45, 2.75) is 13.0 Å². The van der Waals surface area contributed by atoms with Gasteiger partial charge < -0.3 is 10.5 Å². The van der Waals surface area contributed by atoms with Crippen molar-refractivity contribution in [3.63, 3.8) is 0 Å². The molecular weight excluding hydrogens is 254 g/mol. The Labute approximate surface area is 117 Å². The molecule has 0 fully saturated rings. The third-order valence-electron chi connectivity index (χ3n) is 2.74. The molecule has 0 saturated heterocycles. The molecule has 0 aliphatic carbocycles. The zero-order valence-electron chi connectivity index (χ0n) is 11.1. The molecule has 0 aliphatic rings.